The summed E-state index contributed by atoms with van der Waals surface area (Å²) >= 11 is 13.1. The van der Waals surface area contributed by atoms with E-state index in [1.807, 2.05) is 6.07 Å². The highest BCUT2D eigenvalue weighted by atomic mass is 35.5. The van der Waals surface area contributed by atoms with E-state index in [-0.39, 0.29) is 11.4 Å². The van der Waals surface area contributed by atoms with Crippen LogP contribution in [0.5, 0.6) is 0 Å². The maximum atomic E-state index is 11.2. The lowest BCUT2D eigenvalue weighted by Gasteiger charge is -2.03. The van der Waals surface area contributed by atoms with Gasteiger partial charge in [0.05, 0.1) is 10.0 Å². The molecule has 0 amide bonds. The third-order valence-corrected chi connectivity index (χ3v) is 3.78. The Morgan fingerprint density at radius 3 is 2.72 bits per heavy atom. The molecule has 0 aliphatic heterocycles. The van der Waals surface area contributed by atoms with Crippen molar-refractivity contribution in [3.05, 3.63) is 50.2 Å². The van der Waals surface area contributed by atoms with Crippen molar-refractivity contribution >= 4 is 40.8 Å². The van der Waals surface area contributed by atoms with Gasteiger partial charge in [-0.15, -0.1) is 0 Å². The Balaban J connectivity index is 2.11. The lowest BCUT2D eigenvalue weighted by molar-refractivity contribution is 0.945. The second-order valence-corrected chi connectivity index (χ2v) is 5.29. The Kier molecular flexibility index (Phi) is 4.16. The van der Waals surface area contributed by atoms with E-state index in [0.717, 1.165) is 5.56 Å². The van der Waals surface area contributed by atoms with Gasteiger partial charge in [0.2, 0.25) is 0 Å². The number of hydrogen-bond donors (Lipinski definition) is 2. The number of halogens is 2. The molecule has 2 rings (SSSR count). The van der Waals surface area contributed by atoms with Gasteiger partial charge in [-0.25, -0.2) is 4.98 Å². The van der Waals surface area contributed by atoms with Gasteiger partial charge in [0, 0.05) is 11.8 Å². The van der Waals surface area contributed by atoms with Crippen molar-refractivity contribution in [3.63, 3.8) is 0 Å². The van der Waals surface area contributed by atoms with Crippen LogP contribution >= 0.6 is 35.0 Å². The number of benzene rings is 1. The number of aromatic nitrogens is 2. The van der Waals surface area contributed by atoms with Gasteiger partial charge in [0.25, 0.3) is 5.56 Å². The molecular weight excluding hydrogens is 293 g/mol. The quantitative estimate of drug-likeness (QED) is 0.675. The van der Waals surface area contributed by atoms with Gasteiger partial charge in [-0.05, 0) is 17.7 Å². The highest BCUT2D eigenvalue weighted by molar-refractivity contribution is 7.98. The van der Waals surface area contributed by atoms with E-state index in [2.05, 4.69) is 9.97 Å². The Morgan fingerprint density at radius 1 is 1.28 bits per heavy atom. The summed E-state index contributed by atoms with van der Waals surface area (Å²) in [5, 5.41) is 1.50. The number of H-pyrrole nitrogens is 1. The number of aromatic amines is 1. The van der Waals surface area contributed by atoms with Gasteiger partial charge in [0.1, 0.15) is 5.82 Å². The van der Waals surface area contributed by atoms with Crippen LogP contribution in [0.15, 0.2) is 34.2 Å². The number of nitrogen functional groups attached to an aromatic ring is 1. The SMILES string of the molecule is Nc1cc(=O)[nH]c(SCc2ccc(Cl)c(Cl)c2)n1. The summed E-state index contributed by atoms with van der Waals surface area (Å²) < 4.78 is 0. The van der Waals surface area contributed by atoms with Gasteiger partial charge in [0.15, 0.2) is 5.16 Å². The first-order valence-corrected chi connectivity index (χ1v) is 6.72. The first-order chi connectivity index (χ1) is 8.54. The standard InChI is InChI=1S/C11H9Cl2N3OS/c12-7-2-1-6(3-8(7)13)5-18-11-15-9(14)4-10(17)16-11/h1-4H,5H2,(H3,14,15,16,17). The van der Waals surface area contributed by atoms with Crippen LogP contribution in [0.1, 0.15) is 5.56 Å². The molecule has 0 spiro atoms. The van der Waals surface area contributed by atoms with Crippen molar-refractivity contribution in [2.75, 3.05) is 5.73 Å². The average Bonchev–Trinajstić information content (AvgIpc) is 2.29. The minimum atomic E-state index is -0.265. The second kappa shape index (κ2) is 5.65. The van der Waals surface area contributed by atoms with E-state index in [4.69, 9.17) is 28.9 Å². The Morgan fingerprint density at radius 2 is 2.06 bits per heavy atom. The number of rotatable bonds is 3. The zero-order valence-electron chi connectivity index (χ0n) is 9.11. The summed E-state index contributed by atoms with van der Waals surface area (Å²) in [6, 6.07) is 6.62. The van der Waals surface area contributed by atoms with Crippen molar-refractivity contribution in [2.45, 2.75) is 10.9 Å². The molecule has 1 aromatic heterocycles. The summed E-state index contributed by atoms with van der Waals surface area (Å²) in [6.07, 6.45) is 0. The van der Waals surface area contributed by atoms with Crippen LogP contribution in [-0.2, 0) is 5.75 Å². The largest absolute Gasteiger partial charge is 0.383 e. The van der Waals surface area contributed by atoms with Crippen molar-refractivity contribution < 1.29 is 0 Å². The predicted octanol–water partition coefficient (Wildman–Crippen LogP) is 2.95. The third kappa shape index (κ3) is 3.41. The lowest BCUT2D eigenvalue weighted by Crippen LogP contribution is -2.09. The van der Waals surface area contributed by atoms with E-state index in [0.29, 0.717) is 21.0 Å². The van der Waals surface area contributed by atoms with Crippen molar-refractivity contribution in [1.82, 2.24) is 9.97 Å². The van der Waals surface area contributed by atoms with Crippen LogP contribution in [0.25, 0.3) is 0 Å². The molecule has 0 radical (unpaired) electrons. The van der Waals surface area contributed by atoms with Crippen LogP contribution in [0.2, 0.25) is 10.0 Å². The summed E-state index contributed by atoms with van der Waals surface area (Å²) in [6.45, 7) is 0. The molecule has 0 aliphatic rings. The Bertz CT molecular complexity index is 630. The maximum absolute atomic E-state index is 11.2. The minimum absolute atomic E-state index is 0.204. The summed E-state index contributed by atoms with van der Waals surface area (Å²) in [4.78, 5) is 17.8. The summed E-state index contributed by atoms with van der Waals surface area (Å²) in [5.74, 6) is 0.818. The monoisotopic (exact) mass is 301 g/mol. The third-order valence-electron chi connectivity index (χ3n) is 2.10. The normalized spacial score (nSPS) is 10.6. The highest BCUT2D eigenvalue weighted by Gasteiger charge is 2.03. The molecule has 1 aromatic carbocycles. The fourth-order valence-electron chi connectivity index (χ4n) is 1.30. The molecular formula is C11H9Cl2N3OS. The van der Waals surface area contributed by atoms with Gasteiger partial charge < -0.3 is 10.7 Å². The molecule has 94 valence electrons. The van der Waals surface area contributed by atoms with Crippen LogP contribution in [0.3, 0.4) is 0 Å². The van der Waals surface area contributed by atoms with E-state index in [1.165, 1.54) is 17.8 Å². The molecule has 0 saturated heterocycles. The van der Waals surface area contributed by atoms with E-state index >= 15 is 0 Å². The number of thioether (sulfide) groups is 1. The first-order valence-electron chi connectivity index (χ1n) is 4.98. The molecule has 2 aromatic rings. The molecule has 7 heteroatoms. The highest BCUT2D eigenvalue weighted by Crippen LogP contribution is 2.26. The molecule has 18 heavy (non-hydrogen) atoms. The van der Waals surface area contributed by atoms with Crippen LogP contribution in [-0.4, -0.2) is 9.97 Å². The molecule has 4 nitrogen and oxygen atoms in total. The Hall–Kier alpha value is -1.17. The van der Waals surface area contributed by atoms with Crippen LogP contribution in [0.4, 0.5) is 5.82 Å². The van der Waals surface area contributed by atoms with Gasteiger partial charge in [-0.3, -0.25) is 4.79 Å². The zero-order chi connectivity index (χ0) is 13.1. The van der Waals surface area contributed by atoms with Gasteiger partial charge >= 0.3 is 0 Å². The van der Waals surface area contributed by atoms with Crippen molar-refractivity contribution in [1.29, 1.82) is 0 Å². The number of anilines is 1. The van der Waals surface area contributed by atoms with Crippen molar-refractivity contribution in [3.8, 4) is 0 Å². The van der Waals surface area contributed by atoms with Crippen LogP contribution < -0.4 is 11.3 Å². The molecule has 1 heterocycles. The molecule has 0 unspecified atom stereocenters. The summed E-state index contributed by atoms with van der Waals surface area (Å²) in [5.41, 5.74) is 6.21. The number of nitrogens with one attached hydrogen (secondary N) is 1. The molecule has 0 aliphatic carbocycles. The summed E-state index contributed by atoms with van der Waals surface area (Å²) in [7, 11) is 0. The van der Waals surface area contributed by atoms with Gasteiger partial charge in [-0.2, -0.15) is 0 Å². The van der Waals surface area contributed by atoms with E-state index in [1.54, 1.807) is 12.1 Å². The zero-order valence-corrected chi connectivity index (χ0v) is 11.4. The van der Waals surface area contributed by atoms with E-state index in [9.17, 15) is 4.79 Å². The predicted molar refractivity (Wildman–Crippen MR) is 75.3 cm³/mol. The fraction of sp³-hybridized carbons (Fsp3) is 0.0909. The van der Waals surface area contributed by atoms with Gasteiger partial charge in [-0.1, -0.05) is 41.0 Å². The lowest BCUT2D eigenvalue weighted by atomic mass is 10.2. The minimum Gasteiger partial charge on any atom is -0.383 e. The fourth-order valence-corrected chi connectivity index (χ4v) is 2.45. The smallest absolute Gasteiger partial charge is 0.253 e. The number of nitrogens with zero attached hydrogens (tertiary/aromatic N) is 1. The molecule has 0 saturated carbocycles. The Labute approximate surface area is 118 Å². The van der Waals surface area contributed by atoms with Crippen molar-refractivity contribution in [2.24, 2.45) is 0 Å². The number of hydrogen-bond acceptors (Lipinski definition) is 4. The van der Waals surface area contributed by atoms with E-state index < -0.39 is 0 Å². The topological polar surface area (TPSA) is 71.8 Å². The average molecular weight is 302 g/mol. The molecule has 0 fully saturated rings. The second-order valence-electron chi connectivity index (χ2n) is 3.51. The molecule has 3 N–H and O–H groups in total. The molecule has 0 bridgehead atoms. The molecule has 0 atom stereocenters. The van der Waals surface area contributed by atoms with Crippen LogP contribution in [0, 0.1) is 0 Å². The maximum Gasteiger partial charge on any atom is 0.253 e. The number of nitrogens with two attached hydrogens (primary N) is 1. The first kappa shape index (κ1) is 13.3.